The fourth-order valence-electron chi connectivity index (χ4n) is 1.33. The Morgan fingerprint density at radius 1 is 1.50 bits per heavy atom. The molecule has 1 atom stereocenters. The molecule has 1 aliphatic heterocycles. The van der Waals surface area contributed by atoms with Gasteiger partial charge in [0.25, 0.3) is 0 Å². The fraction of sp³-hybridized carbons (Fsp3) is 0.273. The lowest BCUT2D eigenvalue weighted by atomic mass is 10.2. The Morgan fingerprint density at radius 2 is 2.25 bits per heavy atom. The van der Waals surface area contributed by atoms with Crippen LogP contribution in [-0.2, 0) is 9.53 Å². The van der Waals surface area contributed by atoms with Crippen molar-refractivity contribution in [2.24, 2.45) is 0 Å². The first-order valence-electron chi connectivity index (χ1n) is 4.73. The van der Waals surface area contributed by atoms with Gasteiger partial charge in [0.05, 0.1) is 0 Å². The second-order valence-electron chi connectivity index (χ2n) is 3.13. The number of nitrogens with zero attached hydrogens (tertiary/aromatic N) is 1. The molecular formula is C11H9NO4. The Balaban J connectivity index is 2.03. The highest BCUT2D eigenvalue weighted by atomic mass is 16.6. The average molecular weight is 219 g/mol. The summed E-state index contributed by atoms with van der Waals surface area (Å²) < 4.78 is 15.4. The summed E-state index contributed by atoms with van der Waals surface area (Å²) in [6.07, 6.45) is -0.803. The van der Waals surface area contributed by atoms with Crippen LogP contribution in [0.1, 0.15) is 0 Å². The minimum atomic E-state index is -0.803. The van der Waals surface area contributed by atoms with E-state index in [2.05, 4.69) is 4.74 Å². The Kier molecular flexibility index (Phi) is 2.92. The maximum absolute atomic E-state index is 11.4. The Bertz CT molecular complexity index is 438. The minimum absolute atomic E-state index is 0.0985. The van der Waals surface area contributed by atoms with Crippen LogP contribution in [0.4, 0.5) is 0 Å². The summed E-state index contributed by atoms with van der Waals surface area (Å²) in [5, 5.41) is 8.27. The van der Waals surface area contributed by atoms with Crippen LogP contribution in [0.25, 0.3) is 0 Å². The number of hydrogen-bond acceptors (Lipinski definition) is 5. The molecule has 0 aromatic heterocycles. The van der Waals surface area contributed by atoms with Crippen molar-refractivity contribution in [2.75, 3.05) is 13.2 Å². The van der Waals surface area contributed by atoms with Crippen molar-refractivity contribution in [1.29, 1.82) is 5.26 Å². The molecule has 1 aliphatic rings. The van der Waals surface area contributed by atoms with E-state index in [1.807, 2.05) is 6.07 Å². The van der Waals surface area contributed by atoms with Crippen molar-refractivity contribution in [1.82, 2.24) is 0 Å². The van der Waals surface area contributed by atoms with E-state index in [0.717, 1.165) is 0 Å². The fourth-order valence-corrected chi connectivity index (χ4v) is 1.33. The molecule has 0 bridgehead atoms. The van der Waals surface area contributed by atoms with Gasteiger partial charge in [-0.1, -0.05) is 12.1 Å². The molecule has 0 N–H and O–H groups in total. The van der Waals surface area contributed by atoms with Crippen LogP contribution in [0.3, 0.4) is 0 Å². The van der Waals surface area contributed by atoms with Crippen LogP contribution in [0.5, 0.6) is 11.5 Å². The third-order valence-electron chi connectivity index (χ3n) is 2.05. The van der Waals surface area contributed by atoms with E-state index >= 15 is 0 Å². The number of hydrogen-bond donors (Lipinski definition) is 0. The van der Waals surface area contributed by atoms with E-state index in [4.69, 9.17) is 14.7 Å². The first kappa shape index (κ1) is 10.3. The first-order chi connectivity index (χ1) is 7.81. The number of carbonyl (C=O) groups is 1. The van der Waals surface area contributed by atoms with Crippen LogP contribution in [0.2, 0.25) is 0 Å². The molecule has 0 saturated carbocycles. The van der Waals surface area contributed by atoms with Crippen LogP contribution in [0.15, 0.2) is 24.3 Å². The third kappa shape index (κ3) is 2.06. The Hall–Kier alpha value is -2.22. The van der Waals surface area contributed by atoms with Crippen LogP contribution in [-0.4, -0.2) is 25.3 Å². The molecule has 0 amide bonds. The van der Waals surface area contributed by atoms with Gasteiger partial charge in [-0.3, -0.25) is 0 Å². The molecule has 0 saturated heterocycles. The van der Waals surface area contributed by atoms with Crippen molar-refractivity contribution in [2.45, 2.75) is 6.10 Å². The highest BCUT2D eigenvalue weighted by Crippen LogP contribution is 2.30. The minimum Gasteiger partial charge on any atom is -0.485 e. The Morgan fingerprint density at radius 3 is 3.00 bits per heavy atom. The standard InChI is InChI=1S/C11H9NO4/c12-5-6-14-11(13)10-7-15-8-3-1-2-4-9(8)16-10/h1-4,10H,6-7H2. The number of carbonyl (C=O) groups excluding carboxylic acids is 1. The van der Waals surface area contributed by atoms with Gasteiger partial charge in [0.1, 0.15) is 12.7 Å². The molecule has 0 fully saturated rings. The number of nitriles is 1. The van der Waals surface area contributed by atoms with Gasteiger partial charge in [0.15, 0.2) is 18.1 Å². The average Bonchev–Trinajstić information content (AvgIpc) is 2.35. The molecule has 1 heterocycles. The molecule has 1 aromatic carbocycles. The normalized spacial score (nSPS) is 17.3. The van der Waals surface area contributed by atoms with Gasteiger partial charge in [0.2, 0.25) is 6.10 Å². The molecule has 82 valence electrons. The molecule has 0 radical (unpaired) electrons. The molecule has 16 heavy (non-hydrogen) atoms. The molecule has 0 spiro atoms. The van der Waals surface area contributed by atoms with Gasteiger partial charge in [-0.15, -0.1) is 0 Å². The zero-order valence-corrected chi connectivity index (χ0v) is 8.38. The lowest BCUT2D eigenvalue weighted by Crippen LogP contribution is -2.37. The summed E-state index contributed by atoms with van der Waals surface area (Å²) in [5.74, 6) is 0.524. The smallest absolute Gasteiger partial charge is 0.352 e. The van der Waals surface area contributed by atoms with Gasteiger partial charge in [-0.05, 0) is 12.1 Å². The second kappa shape index (κ2) is 4.53. The van der Waals surface area contributed by atoms with Gasteiger partial charge in [0, 0.05) is 0 Å². The van der Waals surface area contributed by atoms with Crippen LogP contribution < -0.4 is 9.47 Å². The quantitative estimate of drug-likeness (QED) is 0.691. The Labute approximate surface area is 92.1 Å². The van der Waals surface area contributed by atoms with E-state index in [-0.39, 0.29) is 13.2 Å². The van der Waals surface area contributed by atoms with Gasteiger partial charge in [-0.25, -0.2) is 4.79 Å². The lowest BCUT2D eigenvalue weighted by molar-refractivity contribution is -0.153. The van der Waals surface area contributed by atoms with Crippen molar-refractivity contribution in [3.8, 4) is 17.6 Å². The second-order valence-corrected chi connectivity index (χ2v) is 3.13. The summed E-state index contributed by atoms with van der Waals surface area (Å²) >= 11 is 0. The predicted molar refractivity (Wildman–Crippen MR) is 52.9 cm³/mol. The summed E-state index contributed by atoms with van der Waals surface area (Å²) in [7, 11) is 0. The third-order valence-corrected chi connectivity index (χ3v) is 2.05. The van der Waals surface area contributed by atoms with Crippen molar-refractivity contribution in [3.63, 3.8) is 0 Å². The van der Waals surface area contributed by atoms with Crippen LogP contribution in [0, 0.1) is 11.3 Å². The molecule has 1 unspecified atom stereocenters. The largest absolute Gasteiger partial charge is 0.485 e. The number of rotatable bonds is 2. The predicted octanol–water partition coefficient (Wildman–Crippen LogP) is 0.893. The molecule has 5 nitrogen and oxygen atoms in total. The topological polar surface area (TPSA) is 68.5 Å². The van der Waals surface area contributed by atoms with E-state index in [1.54, 1.807) is 24.3 Å². The number of benzene rings is 1. The number of ether oxygens (including phenoxy) is 3. The maximum Gasteiger partial charge on any atom is 0.352 e. The van der Waals surface area contributed by atoms with E-state index in [0.29, 0.717) is 11.5 Å². The lowest BCUT2D eigenvalue weighted by Gasteiger charge is -2.24. The van der Waals surface area contributed by atoms with E-state index in [1.165, 1.54) is 0 Å². The van der Waals surface area contributed by atoms with Crippen LogP contribution >= 0.6 is 0 Å². The maximum atomic E-state index is 11.4. The van der Waals surface area contributed by atoms with E-state index in [9.17, 15) is 4.79 Å². The highest BCUT2D eigenvalue weighted by Gasteiger charge is 2.28. The highest BCUT2D eigenvalue weighted by molar-refractivity contribution is 5.76. The van der Waals surface area contributed by atoms with Crippen molar-refractivity contribution in [3.05, 3.63) is 24.3 Å². The van der Waals surface area contributed by atoms with Gasteiger partial charge >= 0.3 is 5.97 Å². The molecule has 5 heteroatoms. The number of esters is 1. The summed E-state index contributed by atoms with van der Waals surface area (Å²) in [5.41, 5.74) is 0. The SMILES string of the molecule is N#CCOC(=O)C1COc2ccccc2O1. The monoisotopic (exact) mass is 219 g/mol. The van der Waals surface area contributed by atoms with E-state index < -0.39 is 12.1 Å². The molecule has 0 aliphatic carbocycles. The number of para-hydroxylation sites is 2. The van der Waals surface area contributed by atoms with Gasteiger partial charge < -0.3 is 14.2 Å². The van der Waals surface area contributed by atoms with Crippen molar-refractivity contribution >= 4 is 5.97 Å². The zero-order chi connectivity index (χ0) is 11.4. The number of fused-ring (bicyclic) bond motifs is 1. The summed E-state index contributed by atoms with van der Waals surface area (Å²) in [6, 6.07) is 8.78. The molecular weight excluding hydrogens is 210 g/mol. The van der Waals surface area contributed by atoms with Gasteiger partial charge in [-0.2, -0.15) is 5.26 Å². The van der Waals surface area contributed by atoms with Crippen molar-refractivity contribution < 1.29 is 19.0 Å². The summed E-state index contributed by atoms with van der Waals surface area (Å²) in [4.78, 5) is 11.4. The zero-order valence-electron chi connectivity index (χ0n) is 8.38. The first-order valence-corrected chi connectivity index (χ1v) is 4.73. The summed E-state index contributed by atoms with van der Waals surface area (Å²) in [6.45, 7) is -0.179. The molecule has 2 rings (SSSR count). The molecule has 1 aromatic rings.